The number of hydrogen-bond donors (Lipinski definition) is 1. The van der Waals surface area contributed by atoms with E-state index in [1.165, 1.54) is 4.88 Å². The summed E-state index contributed by atoms with van der Waals surface area (Å²) < 4.78 is 0. The predicted molar refractivity (Wildman–Crippen MR) is 85.1 cm³/mol. The van der Waals surface area contributed by atoms with Crippen LogP contribution in [0.2, 0.25) is 0 Å². The molecule has 0 aliphatic rings. The van der Waals surface area contributed by atoms with Gasteiger partial charge in [-0.3, -0.25) is 0 Å². The maximum absolute atomic E-state index is 4.42. The molecule has 102 valence electrons. The van der Waals surface area contributed by atoms with Gasteiger partial charge in [-0.1, -0.05) is 31.5 Å². The summed E-state index contributed by atoms with van der Waals surface area (Å²) >= 11 is 1.79. The summed E-state index contributed by atoms with van der Waals surface area (Å²) in [7, 11) is 0. The normalized spacial score (nSPS) is 12.4. The van der Waals surface area contributed by atoms with Crippen molar-refractivity contribution in [3.05, 3.63) is 53.0 Å². The molecule has 0 amide bonds. The molecule has 0 bridgehead atoms. The first-order chi connectivity index (χ1) is 9.88. The maximum atomic E-state index is 4.42. The molecule has 2 heterocycles. The molecular formula is C16H17N3S. The quantitative estimate of drug-likeness (QED) is 0.741. The smallest absolute Gasteiger partial charge is 0.137 e. The molecule has 0 aliphatic heterocycles. The number of rotatable bonds is 5. The van der Waals surface area contributed by atoms with Crippen molar-refractivity contribution in [3.8, 4) is 0 Å². The summed E-state index contributed by atoms with van der Waals surface area (Å²) in [6, 6.07) is 12.7. The van der Waals surface area contributed by atoms with Crippen molar-refractivity contribution in [1.29, 1.82) is 0 Å². The third kappa shape index (κ3) is 2.65. The first-order valence-corrected chi connectivity index (χ1v) is 7.76. The number of hydrogen-bond acceptors (Lipinski definition) is 4. The Balaban J connectivity index is 1.94. The first-order valence-electron chi connectivity index (χ1n) is 6.88. The molecule has 0 aliphatic carbocycles. The lowest BCUT2D eigenvalue weighted by molar-refractivity contribution is 0.685. The third-order valence-electron chi connectivity index (χ3n) is 3.32. The van der Waals surface area contributed by atoms with Crippen LogP contribution in [0.25, 0.3) is 10.9 Å². The number of thiophene rings is 1. The topological polar surface area (TPSA) is 37.8 Å². The van der Waals surface area contributed by atoms with Gasteiger partial charge in [-0.05, 0) is 30.0 Å². The molecule has 20 heavy (non-hydrogen) atoms. The Morgan fingerprint density at radius 2 is 2.05 bits per heavy atom. The molecule has 3 rings (SSSR count). The van der Waals surface area contributed by atoms with E-state index in [9.17, 15) is 0 Å². The van der Waals surface area contributed by atoms with E-state index in [1.54, 1.807) is 17.7 Å². The fourth-order valence-corrected chi connectivity index (χ4v) is 3.16. The van der Waals surface area contributed by atoms with Crippen LogP contribution >= 0.6 is 11.3 Å². The number of nitrogens with zero attached hydrogens (tertiary/aromatic N) is 2. The molecule has 0 radical (unpaired) electrons. The van der Waals surface area contributed by atoms with E-state index in [1.807, 2.05) is 18.2 Å². The van der Waals surface area contributed by atoms with Crippen LogP contribution in [0.15, 0.2) is 48.1 Å². The SMILES string of the molecule is CCCC(Nc1ncnc2ccccc12)c1cccs1. The Labute approximate surface area is 122 Å². The molecule has 3 aromatic rings. The minimum absolute atomic E-state index is 0.318. The lowest BCUT2D eigenvalue weighted by atomic mass is 10.1. The third-order valence-corrected chi connectivity index (χ3v) is 4.30. The van der Waals surface area contributed by atoms with Gasteiger partial charge in [-0.25, -0.2) is 9.97 Å². The Bertz CT molecular complexity index is 674. The van der Waals surface area contributed by atoms with E-state index in [4.69, 9.17) is 0 Å². The zero-order valence-corrected chi connectivity index (χ0v) is 12.2. The average Bonchev–Trinajstić information content (AvgIpc) is 3.01. The fourth-order valence-electron chi connectivity index (χ4n) is 2.35. The number of benzene rings is 1. The van der Waals surface area contributed by atoms with Crippen LogP contribution in [-0.4, -0.2) is 9.97 Å². The van der Waals surface area contributed by atoms with Crippen molar-refractivity contribution < 1.29 is 0 Å². The minimum Gasteiger partial charge on any atom is -0.362 e. The van der Waals surface area contributed by atoms with Gasteiger partial charge in [0.25, 0.3) is 0 Å². The highest BCUT2D eigenvalue weighted by Crippen LogP contribution is 2.29. The summed E-state index contributed by atoms with van der Waals surface area (Å²) in [6.07, 6.45) is 3.86. The number of aromatic nitrogens is 2. The van der Waals surface area contributed by atoms with Crippen molar-refractivity contribution in [2.75, 3.05) is 5.32 Å². The second-order valence-corrected chi connectivity index (χ2v) is 5.72. The van der Waals surface area contributed by atoms with Crippen LogP contribution < -0.4 is 5.32 Å². The molecule has 0 spiro atoms. The van der Waals surface area contributed by atoms with Crippen LogP contribution in [0, 0.1) is 0 Å². The Kier molecular flexibility index (Phi) is 3.92. The molecule has 1 N–H and O–H groups in total. The highest BCUT2D eigenvalue weighted by molar-refractivity contribution is 7.10. The predicted octanol–water partition coefficient (Wildman–Crippen LogP) is 4.64. The van der Waals surface area contributed by atoms with Crippen molar-refractivity contribution >= 4 is 28.1 Å². The Morgan fingerprint density at radius 3 is 2.85 bits per heavy atom. The second kappa shape index (κ2) is 6.01. The van der Waals surface area contributed by atoms with Gasteiger partial charge in [0.05, 0.1) is 11.6 Å². The van der Waals surface area contributed by atoms with E-state index < -0.39 is 0 Å². The standard InChI is InChI=1S/C16H17N3S/c1-2-6-14(15-9-5-10-20-15)19-16-12-7-3-4-8-13(12)17-11-18-16/h3-5,7-11,14H,2,6H2,1H3,(H,17,18,19). The lowest BCUT2D eigenvalue weighted by Crippen LogP contribution is -2.10. The fraction of sp³-hybridized carbons (Fsp3) is 0.250. The molecule has 1 aromatic carbocycles. The monoisotopic (exact) mass is 283 g/mol. The van der Waals surface area contributed by atoms with Crippen LogP contribution in [0.4, 0.5) is 5.82 Å². The summed E-state index contributed by atoms with van der Waals surface area (Å²) in [5.74, 6) is 0.919. The molecule has 3 nitrogen and oxygen atoms in total. The molecular weight excluding hydrogens is 266 g/mol. The first kappa shape index (κ1) is 13.1. The average molecular weight is 283 g/mol. The summed E-state index contributed by atoms with van der Waals surface area (Å²) in [4.78, 5) is 10.1. The van der Waals surface area contributed by atoms with E-state index in [2.05, 4.69) is 45.8 Å². The van der Waals surface area contributed by atoms with Crippen molar-refractivity contribution in [2.45, 2.75) is 25.8 Å². The zero-order valence-electron chi connectivity index (χ0n) is 11.4. The largest absolute Gasteiger partial charge is 0.362 e. The van der Waals surface area contributed by atoms with E-state index in [0.717, 1.165) is 29.6 Å². The molecule has 2 aromatic heterocycles. The summed E-state index contributed by atoms with van der Waals surface area (Å²) in [6.45, 7) is 2.21. The van der Waals surface area contributed by atoms with Crippen LogP contribution in [0.1, 0.15) is 30.7 Å². The Hall–Kier alpha value is -1.94. The maximum Gasteiger partial charge on any atom is 0.137 e. The van der Waals surface area contributed by atoms with Crippen LogP contribution in [0.3, 0.4) is 0 Å². The second-order valence-electron chi connectivity index (χ2n) is 4.74. The van der Waals surface area contributed by atoms with E-state index in [-0.39, 0.29) is 0 Å². The number of para-hydroxylation sites is 1. The van der Waals surface area contributed by atoms with E-state index in [0.29, 0.717) is 6.04 Å². The van der Waals surface area contributed by atoms with Gasteiger partial charge in [0, 0.05) is 10.3 Å². The van der Waals surface area contributed by atoms with Crippen molar-refractivity contribution in [1.82, 2.24) is 9.97 Å². The van der Waals surface area contributed by atoms with Gasteiger partial charge in [0.1, 0.15) is 12.1 Å². The minimum atomic E-state index is 0.318. The molecule has 0 saturated carbocycles. The van der Waals surface area contributed by atoms with Gasteiger partial charge in [0.2, 0.25) is 0 Å². The highest BCUT2D eigenvalue weighted by atomic mass is 32.1. The zero-order chi connectivity index (χ0) is 13.8. The summed E-state index contributed by atoms with van der Waals surface area (Å²) in [5, 5.41) is 6.78. The molecule has 4 heteroatoms. The van der Waals surface area contributed by atoms with Gasteiger partial charge in [0.15, 0.2) is 0 Å². The molecule has 0 fully saturated rings. The van der Waals surface area contributed by atoms with E-state index >= 15 is 0 Å². The molecule has 0 saturated heterocycles. The Morgan fingerprint density at radius 1 is 1.15 bits per heavy atom. The summed E-state index contributed by atoms with van der Waals surface area (Å²) in [5.41, 5.74) is 0.978. The van der Waals surface area contributed by atoms with Crippen LogP contribution in [-0.2, 0) is 0 Å². The number of nitrogens with one attached hydrogen (secondary N) is 1. The number of anilines is 1. The highest BCUT2D eigenvalue weighted by Gasteiger charge is 2.13. The van der Waals surface area contributed by atoms with Gasteiger partial charge in [-0.15, -0.1) is 11.3 Å². The molecule has 1 atom stereocenters. The van der Waals surface area contributed by atoms with Crippen molar-refractivity contribution in [2.24, 2.45) is 0 Å². The lowest BCUT2D eigenvalue weighted by Gasteiger charge is -2.18. The van der Waals surface area contributed by atoms with Gasteiger partial charge < -0.3 is 5.32 Å². The van der Waals surface area contributed by atoms with Crippen molar-refractivity contribution in [3.63, 3.8) is 0 Å². The molecule has 1 unspecified atom stereocenters. The van der Waals surface area contributed by atoms with Gasteiger partial charge in [-0.2, -0.15) is 0 Å². The number of fused-ring (bicyclic) bond motifs is 1. The van der Waals surface area contributed by atoms with Crippen LogP contribution in [0.5, 0.6) is 0 Å². The van der Waals surface area contributed by atoms with Gasteiger partial charge >= 0.3 is 0 Å².